The van der Waals surface area contributed by atoms with Gasteiger partial charge in [0, 0.05) is 18.7 Å². The van der Waals surface area contributed by atoms with E-state index in [0.29, 0.717) is 13.2 Å². The van der Waals surface area contributed by atoms with Gasteiger partial charge in [-0.25, -0.2) is 5.48 Å². The molecule has 1 fully saturated rings. The Hall–Kier alpha value is -1.88. The summed E-state index contributed by atoms with van der Waals surface area (Å²) in [5.41, 5.74) is 4.49. The maximum Gasteiger partial charge on any atom is 0.248 e. The highest BCUT2D eigenvalue weighted by atomic mass is 16.6. The molecule has 0 saturated carbocycles. The van der Waals surface area contributed by atoms with Crippen LogP contribution < -0.4 is 10.4 Å². The molecule has 1 aromatic carbocycles. The number of hydroxylamine groups is 1. The van der Waals surface area contributed by atoms with Crippen molar-refractivity contribution < 1.29 is 14.4 Å². The van der Waals surface area contributed by atoms with Crippen LogP contribution >= 0.6 is 0 Å². The minimum atomic E-state index is -0.348. The molecule has 2 amide bonds. The van der Waals surface area contributed by atoms with Crippen LogP contribution in [0.5, 0.6) is 0 Å². The first-order valence-electron chi connectivity index (χ1n) is 7.46. The summed E-state index contributed by atoms with van der Waals surface area (Å²) >= 11 is 0. The van der Waals surface area contributed by atoms with Gasteiger partial charge in [-0.1, -0.05) is 25.5 Å². The lowest BCUT2D eigenvalue weighted by Gasteiger charge is -2.17. The summed E-state index contributed by atoms with van der Waals surface area (Å²) < 4.78 is 0. The van der Waals surface area contributed by atoms with Crippen LogP contribution in [-0.4, -0.2) is 25.0 Å². The van der Waals surface area contributed by atoms with Crippen molar-refractivity contribution in [3.8, 4) is 0 Å². The Morgan fingerprint density at radius 3 is 2.67 bits per heavy atom. The molecule has 1 aliphatic rings. The second-order valence-corrected chi connectivity index (χ2v) is 5.22. The van der Waals surface area contributed by atoms with Crippen molar-refractivity contribution in [1.82, 2.24) is 5.48 Å². The Balaban J connectivity index is 2.00. The highest BCUT2D eigenvalue weighted by molar-refractivity contribution is 6.00. The van der Waals surface area contributed by atoms with Crippen molar-refractivity contribution in [3.63, 3.8) is 0 Å². The van der Waals surface area contributed by atoms with Gasteiger partial charge in [0.25, 0.3) is 0 Å². The quantitative estimate of drug-likeness (QED) is 0.816. The standard InChI is InChI=1S/C16H22N2O3/c1-3-5-12-6-8-14(9-7-12)18-11-13(10-15(18)19)16(20)17-21-4-2/h6-9,13H,3-5,10-11H2,1-2H3,(H,17,20)/t13-/m1/s1. The third kappa shape index (κ3) is 3.82. The fraction of sp³-hybridized carbons (Fsp3) is 0.500. The van der Waals surface area contributed by atoms with Gasteiger partial charge >= 0.3 is 0 Å². The Labute approximate surface area is 125 Å². The molecule has 0 aliphatic carbocycles. The molecule has 21 heavy (non-hydrogen) atoms. The number of hydrogen-bond donors (Lipinski definition) is 1. The molecule has 5 nitrogen and oxygen atoms in total. The number of amides is 2. The van der Waals surface area contributed by atoms with Gasteiger partial charge in [0.15, 0.2) is 0 Å². The predicted molar refractivity (Wildman–Crippen MR) is 80.7 cm³/mol. The molecule has 0 bridgehead atoms. The van der Waals surface area contributed by atoms with Gasteiger partial charge < -0.3 is 4.90 Å². The summed E-state index contributed by atoms with van der Waals surface area (Å²) in [5, 5.41) is 0. The SMILES string of the molecule is CCCc1ccc(N2C[C@H](C(=O)NOCC)CC2=O)cc1. The lowest BCUT2D eigenvalue weighted by Crippen LogP contribution is -2.33. The minimum absolute atomic E-state index is 0.0186. The highest BCUT2D eigenvalue weighted by Crippen LogP contribution is 2.25. The number of nitrogens with one attached hydrogen (secondary N) is 1. The molecule has 1 N–H and O–H groups in total. The van der Waals surface area contributed by atoms with Gasteiger partial charge in [-0.3, -0.25) is 14.4 Å². The fourth-order valence-corrected chi connectivity index (χ4v) is 2.49. The second-order valence-electron chi connectivity index (χ2n) is 5.22. The fourth-order valence-electron chi connectivity index (χ4n) is 2.49. The number of hydrogen-bond acceptors (Lipinski definition) is 3. The van der Waals surface area contributed by atoms with Crippen LogP contribution in [0.15, 0.2) is 24.3 Å². The number of nitrogens with zero attached hydrogens (tertiary/aromatic N) is 1. The molecule has 1 aliphatic heterocycles. The zero-order valence-corrected chi connectivity index (χ0v) is 12.6. The topological polar surface area (TPSA) is 58.6 Å². The molecular weight excluding hydrogens is 268 g/mol. The van der Waals surface area contributed by atoms with E-state index in [9.17, 15) is 9.59 Å². The van der Waals surface area contributed by atoms with Gasteiger partial charge in [0.05, 0.1) is 12.5 Å². The number of aryl methyl sites for hydroxylation is 1. The number of anilines is 1. The molecule has 0 radical (unpaired) electrons. The van der Waals surface area contributed by atoms with Gasteiger partial charge in [-0.15, -0.1) is 0 Å². The molecule has 1 atom stereocenters. The molecule has 0 unspecified atom stereocenters. The van der Waals surface area contributed by atoms with E-state index in [-0.39, 0.29) is 24.2 Å². The summed E-state index contributed by atoms with van der Waals surface area (Å²) in [6, 6.07) is 7.98. The number of benzene rings is 1. The molecule has 114 valence electrons. The smallest absolute Gasteiger partial charge is 0.248 e. The van der Waals surface area contributed by atoms with Crippen LogP contribution in [0.4, 0.5) is 5.69 Å². The van der Waals surface area contributed by atoms with Gasteiger partial charge in [-0.2, -0.15) is 0 Å². The molecule has 0 aromatic heterocycles. The second kappa shape index (κ2) is 7.22. The van der Waals surface area contributed by atoms with Crippen LogP contribution in [0.3, 0.4) is 0 Å². The average molecular weight is 290 g/mol. The van der Waals surface area contributed by atoms with E-state index in [1.165, 1.54) is 5.56 Å². The van der Waals surface area contributed by atoms with E-state index in [1.807, 2.05) is 24.3 Å². The predicted octanol–water partition coefficient (Wildman–Crippen LogP) is 2.06. The van der Waals surface area contributed by atoms with Crippen molar-refractivity contribution in [3.05, 3.63) is 29.8 Å². The maximum absolute atomic E-state index is 12.1. The van der Waals surface area contributed by atoms with Crippen LogP contribution in [0.1, 0.15) is 32.3 Å². The molecule has 1 saturated heterocycles. The van der Waals surface area contributed by atoms with Crippen molar-refractivity contribution in [1.29, 1.82) is 0 Å². The molecule has 1 heterocycles. The monoisotopic (exact) mass is 290 g/mol. The first kappa shape index (κ1) is 15.5. The number of rotatable bonds is 6. The van der Waals surface area contributed by atoms with Crippen molar-refractivity contribution >= 4 is 17.5 Å². The Bertz CT molecular complexity index is 499. The van der Waals surface area contributed by atoms with E-state index in [1.54, 1.807) is 11.8 Å². The summed E-state index contributed by atoms with van der Waals surface area (Å²) in [5.74, 6) is -0.593. The highest BCUT2D eigenvalue weighted by Gasteiger charge is 2.35. The maximum atomic E-state index is 12.1. The molecule has 0 spiro atoms. The van der Waals surface area contributed by atoms with Crippen LogP contribution in [0.25, 0.3) is 0 Å². The van der Waals surface area contributed by atoms with Crippen LogP contribution in [0.2, 0.25) is 0 Å². The summed E-state index contributed by atoms with van der Waals surface area (Å²) in [7, 11) is 0. The van der Waals surface area contributed by atoms with Crippen molar-refractivity contribution in [2.45, 2.75) is 33.1 Å². The first-order valence-corrected chi connectivity index (χ1v) is 7.46. The Morgan fingerprint density at radius 2 is 2.05 bits per heavy atom. The van der Waals surface area contributed by atoms with Gasteiger partial charge in [0.1, 0.15) is 0 Å². The normalized spacial score (nSPS) is 18.1. The minimum Gasteiger partial charge on any atom is -0.312 e. The van der Waals surface area contributed by atoms with E-state index in [2.05, 4.69) is 12.4 Å². The molecule has 1 aromatic rings. The van der Waals surface area contributed by atoms with Crippen LogP contribution in [-0.2, 0) is 20.8 Å². The summed E-state index contributed by atoms with van der Waals surface area (Å²) in [4.78, 5) is 30.5. The lowest BCUT2D eigenvalue weighted by molar-refractivity contribution is -0.137. The zero-order chi connectivity index (χ0) is 15.2. The van der Waals surface area contributed by atoms with Crippen LogP contribution in [0, 0.1) is 5.92 Å². The lowest BCUT2D eigenvalue weighted by atomic mass is 10.1. The number of carbonyl (C=O) groups is 2. The van der Waals surface area contributed by atoms with Gasteiger partial charge in [0.2, 0.25) is 11.8 Å². The third-order valence-corrected chi connectivity index (χ3v) is 3.60. The molecule has 5 heteroatoms. The average Bonchev–Trinajstić information content (AvgIpc) is 2.88. The van der Waals surface area contributed by atoms with E-state index in [4.69, 9.17) is 4.84 Å². The Kier molecular flexibility index (Phi) is 5.33. The zero-order valence-electron chi connectivity index (χ0n) is 12.6. The van der Waals surface area contributed by atoms with Gasteiger partial charge in [-0.05, 0) is 31.0 Å². The van der Waals surface area contributed by atoms with Crippen molar-refractivity contribution in [2.24, 2.45) is 5.92 Å². The molecule has 2 rings (SSSR count). The first-order chi connectivity index (χ1) is 10.2. The number of carbonyl (C=O) groups excluding carboxylic acids is 2. The van der Waals surface area contributed by atoms with E-state index in [0.717, 1.165) is 18.5 Å². The third-order valence-electron chi connectivity index (χ3n) is 3.60. The van der Waals surface area contributed by atoms with E-state index >= 15 is 0 Å². The largest absolute Gasteiger partial charge is 0.312 e. The van der Waals surface area contributed by atoms with E-state index < -0.39 is 0 Å². The van der Waals surface area contributed by atoms with Crippen molar-refractivity contribution in [2.75, 3.05) is 18.1 Å². The Morgan fingerprint density at radius 1 is 1.33 bits per heavy atom. The molecular formula is C16H22N2O3. The summed E-state index contributed by atoms with van der Waals surface area (Å²) in [6.07, 6.45) is 2.37. The summed E-state index contributed by atoms with van der Waals surface area (Å²) in [6.45, 7) is 4.75.